The topological polar surface area (TPSA) is 65.7 Å². The molecule has 3 rings (SSSR count). The summed E-state index contributed by atoms with van der Waals surface area (Å²) in [5.41, 5.74) is 2.59. The van der Waals surface area contributed by atoms with Crippen molar-refractivity contribution < 1.29 is 8.81 Å². The standard InChI is InChI=1S/C23H28FN5O.HI/c1-4-25-23(27-15-21(29(2)3)18-11-8-12-19(24)13-18)26-14-20-16-30-22(28-20)17-9-6-5-7-10-17;/h5-13,16,21H,4,14-15H2,1-3H3,(H2,25,26,27);1H. The molecule has 1 unspecified atom stereocenters. The molecule has 0 saturated heterocycles. The summed E-state index contributed by atoms with van der Waals surface area (Å²) < 4.78 is 19.2. The van der Waals surface area contributed by atoms with E-state index < -0.39 is 0 Å². The zero-order valence-electron chi connectivity index (χ0n) is 18.0. The van der Waals surface area contributed by atoms with Crippen molar-refractivity contribution in [3.63, 3.8) is 0 Å². The maximum Gasteiger partial charge on any atom is 0.226 e. The summed E-state index contributed by atoms with van der Waals surface area (Å²) in [6, 6.07) is 16.5. The van der Waals surface area contributed by atoms with Crippen LogP contribution in [0.25, 0.3) is 11.5 Å². The van der Waals surface area contributed by atoms with Crippen LogP contribution in [0.2, 0.25) is 0 Å². The highest BCUT2D eigenvalue weighted by atomic mass is 127. The van der Waals surface area contributed by atoms with Crippen molar-refractivity contribution in [3.05, 3.63) is 77.9 Å². The number of guanidine groups is 1. The minimum Gasteiger partial charge on any atom is -0.444 e. The molecule has 0 aliphatic rings. The van der Waals surface area contributed by atoms with E-state index in [1.54, 1.807) is 18.4 Å². The number of nitrogens with one attached hydrogen (secondary N) is 2. The lowest BCUT2D eigenvalue weighted by Crippen LogP contribution is -2.41. The summed E-state index contributed by atoms with van der Waals surface area (Å²) in [6.07, 6.45) is 1.63. The average Bonchev–Trinajstić information content (AvgIpc) is 3.22. The van der Waals surface area contributed by atoms with Crippen LogP contribution in [-0.4, -0.2) is 43.0 Å². The van der Waals surface area contributed by atoms with Crippen molar-refractivity contribution in [2.24, 2.45) is 4.99 Å². The van der Waals surface area contributed by atoms with Crippen LogP contribution in [0.15, 0.2) is 70.3 Å². The van der Waals surface area contributed by atoms with Crippen LogP contribution in [0, 0.1) is 5.82 Å². The SMILES string of the molecule is CCNC(=NCc1coc(-c2ccccc2)n1)NCC(c1cccc(F)c1)N(C)C.I. The van der Waals surface area contributed by atoms with Gasteiger partial charge in [-0.1, -0.05) is 30.3 Å². The third kappa shape index (κ3) is 7.32. The second-order valence-electron chi connectivity index (χ2n) is 7.12. The first-order valence-corrected chi connectivity index (χ1v) is 10.0. The van der Waals surface area contributed by atoms with Crippen molar-refractivity contribution in [1.29, 1.82) is 0 Å². The molecule has 0 saturated carbocycles. The first-order chi connectivity index (χ1) is 14.6. The number of hydrogen-bond acceptors (Lipinski definition) is 4. The monoisotopic (exact) mass is 537 g/mol. The Kier molecular flexibility index (Phi) is 9.93. The fourth-order valence-corrected chi connectivity index (χ4v) is 3.10. The van der Waals surface area contributed by atoms with Gasteiger partial charge in [-0.3, -0.25) is 0 Å². The van der Waals surface area contributed by atoms with Crippen LogP contribution in [-0.2, 0) is 6.54 Å². The molecule has 1 aromatic heterocycles. The molecule has 2 aromatic carbocycles. The van der Waals surface area contributed by atoms with E-state index in [4.69, 9.17) is 4.42 Å². The van der Waals surface area contributed by atoms with Gasteiger partial charge in [-0.25, -0.2) is 14.4 Å². The Labute approximate surface area is 200 Å². The second kappa shape index (κ2) is 12.4. The van der Waals surface area contributed by atoms with Gasteiger partial charge in [0.1, 0.15) is 17.8 Å². The van der Waals surface area contributed by atoms with Gasteiger partial charge in [0, 0.05) is 18.7 Å². The number of benzene rings is 2. The zero-order chi connectivity index (χ0) is 21.3. The molecule has 0 aliphatic carbocycles. The molecule has 0 bridgehead atoms. The molecule has 2 N–H and O–H groups in total. The van der Waals surface area contributed by atoms with E-state index in [1.807, 2.05) is 57.4 Å². The van der Waals surface area contributed by atoms with Gasteiger partial charge in [0.05, 0.1) is 12.6 Å². The molecule has 166 valence electrons. The smallest absolute Gasteiger partial charge is 0.226 e. The summed E-state index contributed by atoms with van der Waals surface area (Å²) in [5, 5.41) is 6.58. The number of aromatic nitrogens is 1. The summed E-state index contributed by atoms with van der Waals surface area (Å²) in [5.74, 6) is 1.02. The number of halogens is 2. The maximum atomic E-state index is 13.7. The Bertz CT molecular complexity index is 961. The molecule has 8 heteroatoms. The van der Waals surface area contributed by atoms with Crippen molar-refractivity contribution in [3.8, 4) is 11.5 Å². The second-order valence-corrected chi connectivity index (χ2v) is 7.12. The van der Waals surface area contributed by atoms with Crippen LogP contribution in [0.3, 0.4) is 0 Å². The number of nitrogens with zero attached hydrogens (tertiary/aromatic N) is 3. The van der Waals surface area contributed by atoms with Crippen LogP contribution >= 0.6 is 24.0 Å². The minimum atomic E-state index is -0.236. The lowest BCUT2D eigenvalue weighted by atomic mass is 10.1. The minimum absolute atomic E-state index is 0. The molecule has 31 heavy (non-hydrogen) atoms. The molecule has 0 radical (unpaired) electrons. The van der Waals surface area contributed by atoms with E-state index in [0.717, 1.165) is 23.4 Å². The fourth-order valence-electron chi connectivity index (χ4n) is 3.10. The molecule has 0 amide bonds. The van der Waals surface area contributed by atoms with Gasteiger partial charge in [0.15, 0.2) is 5.96 Å². The van der Waals surface area contributed by atoms with Crippen molar-refractivity contribution in [2.75, 3.05) is 27.2 Å². The lowest BCUT2D eigenvalue weighted by molar-refractivity contribution is 0.297. The number of rotatable bonds is 8. The third-order valence-corrected chi connectivity index (χ3v) is 4.64. The molecule has 3 aromatic rings. The van der Waals surface area contributed by atoms with Crippen LogP contribution in [0.5, 0.6) is 0 Å². The van der Waals surface area contributed by atoms with Crippen LogP contribution in [0.4, 0.5) is 4.39 Å². The molecule has 0 spiro atoms. The summed E-state index contributed by atoms with van der Waals surface area (Å²) in [7, 11) is 3.95. The quantitative estimate of drug-likeness (QED) is 0.253. The van der Waals surface area contributed by atoms with Gasteiger partial charge in [0.25, 0.3) is 0 Å². The Morgan fingerprint density at radius 1 is 1.13 bits per heavy atom. The highest BCUT2D eigenvalue weighted by Crippen LogP contribution is 2.19. The Morgan fingerprint density at radius 2 is 1.90 bits per heavy atom. The number of likely N-dealkylation sites (N-methyl/N-ethyl adjacent to an activating group) is 1. The number of hydrogen-bond donors (Lipinski definition) is 2. The predicted octanol–water partition coefficient (Wildman–Crippen LogP) is 4.46. The van der Waals surface area contributed by atoms with Gasteiger partial charge in [0.2, 0.25) is 5.89 Å². The van der Waals surface area contributed by atoms with E-state index in [2.05, 4.69) is 25.5 Å². The van der Waals surface area contributed by atoms with Gasteiger partial charge < -0.3 is 20.0 Å². The summed E-state index contributed by atoms with van der Waals surface area (Å²) >= 11 is 0. The summed E-state index contributed by atoms with van der Waals surface area (Å²) in [4.78, 5) is 11.2. The molecule has 0 fully saturated rings. The largest absolute Gasteiger partial charge is 0.444 e. The molecule has 6 nitrogen and oxygen atoms in total. The van der Waals surface area contributed by atoms with Crippen LogP contribution < -0.4 is 10.6 Å². The van der Waals surface area contributed by atoms with E-state index in [-0.39, 0.29) is 35.8 Å². The van der Waals surface area contributed by atoms with Gasteiger partial charge in [-0.2, -0.15) is 0 Å². The van der Waals surface area contributed by atoms with E-state index in [9.17, 15) is 4.39 Å². The normalized spacial score (nSPS) is 12.4. The molecule has 1 atom stereocenters. The van der Waals surface area contributed by atoms with Crippen molar-refractivity contribution in [1.82, 2.24) is 20.5 Å². The Balaban J connectivity index is 0.00000341. The highest BCUT2D eigenvalue weighted by molar-refractivity contribution is 14.0. The van der Waals surface area contributed by atoms with Gasteiger partial charge in [-0.05, 0) is 50.8 Å². The van der Waals surface area contributed by atoms with Crippen molar-refractivity contribution in [2.45, 2.75) is 19.5 Å². The van der Waals surface area contributed by atoms with Gasteiger partial charge >= 0.3 is 0 Å². The Morgan fingerprint density at radius 3 is 2.58 bits per heavy atom. The van der Waals surface area contributed by atoms with Gasteiger partial charge in [-0.15, -0.1) is 24.0 Å². The molecular weight excluding hydrogens is 508 g/mol. The van der Waals surface area contributed by atoms with E-state index >= 15 is 0 Å². The first kappa shape index (κ1) is 24.8. The molecular formula is C23H29FIN5O. The third-order valence-electron chi connectivity index (χ3n) is 4.64. The average molecular weight is 537 g/mol. The Hall–Kier alpha value is -2.46. The van der Waals surface area contributed by atoms with E-state index in [1.165, 1.54) is 6.07 Å². The predicted molar refractivity (Wildman–Crippen MR) is 133 cm³/mol. The molecule has 1 heterocycles. The van der Waals surface area contributed by atoms with Crippen molar-refractivity contribution >= 4 is 29.9 Å². The number of oxazole rings is 1. The van der Waals surface area contributed by atoms with E-state index in [0.29, 0.717) is 24.9 Å². The van der Waals surface area contributed by atoms with Crippen LogP contribution in [0.1, 0.15) is 24.2 Å². The zero-order valence-corrected chi connectivity index (χ0v) is 20.3. The highest BCUT2D eigenvalue weighted by Gasteiger charge is 2.15. The maximum absolute atomic E-state index is 13.7. The fraction of sp³-hybridized carbons (Fsp3) is 0.304. The summed E-state index contributed by atoms with van der Waals surface area (Å²) in [6.45, 7) is 3.71. The first-order valence-electron chi connectivity index (χ1n) is 10.0. The lowest BCUT2D eigenvalue weighted by Gasteiger charge is -2.26. The molecule has 0 aliphatic heterocycles. The number of aliphatic imine (C=N–C) groups is 1.